The highest BCUT2D eigenvalue weighted by atomic mass is 16.5. The van der Waals surface area contributed by atoms with Crippen LogP contribution in [0, 0.1) is 11.8 Å². The van der Waals surface area contributed by atoms with E-state index in [0.717, 1.165) is 24.8 Å². The largest absolute Gasteiger partial charge is 0.460 e. The van der Waals surface area contributed by atoms with Crippen LogP contribution in [-0.4, -0.2) is 28.8 Å². The monoisotopic (exact) mass is 459 g/mol. The van der Waals surface area contributed by atoms with Crippen molar-refractivity contribution in [1.29, 1.82) is 0 Å². The second-order valence-electron chi connectivity index (χ2n) is 10.6. The zero-order chi connectivity index (χ0) is 24.3. The van der Waals surface area contributed by atoms with Gasteiger partial charge in [0.1, 0.15) is 12.1 Å². The Balaban J connectivity index is 1.56. The van der Waals surface area contributed by atoms with Crippen LogP contribution in [0.4, 0.5) is 0 Å². The predicted molar refractivity (Wildman–Crippen MR) is 135 cm³/mol. The maximum atomic E-state index is 13.6. The third-order valence-electron chi connectivity index (χ3n) is 7.95. The standard InChI is InChI=1S/C30H37NO3/c1-21-15-16-26(30(3,4)24-13-9-6-10-14-24)28(19-21)34-29(33)27-20-25(32)17-18-31(27)22(2)23-11-7-5-8-12-23/h5-14,17-18,21-22,26-28H,15-16,19-20H2,1-4H3/t21-,22-,26-,27-,28+/m1/s1. The lowest BCUT2D eigenvalue weighted by Gasteiger charge is -2.45. The number of allylic oxidation sites excluding steroid dienone is 1. The van der Waals surface area contributed by atoms with E-state index in [9.17, 15) is 9.59 Å². The highest BCUT2D eigenvalue weighted by molar-refractivity contribution is 5.95. The molecule has 2 aromatic carbocycles. The van der Waals surface area contributed by atoms with E-state index in [1.807, 2.05) is 29.2 Å². The van der Waals surface area contributed by atoms with E-state index < -0.39 is 6.04 Å². The first kappa shape index (κ1) is 24.3. The van der Waals surface area contributed by atoms with Gasteiger partial charge < -0.3 is 9.64 Å². The summed E-state index contributed by atoms with van der Waals surface area (Å²) in [6.45, 7) is 8.84. The number of benzene rings is 2. The molecule has 5 atom stereocenters. The van der Waals surface area contributed by atoms with E-state index in [1.165, 1.54) is 5.56 Å². The predicted octanol–water partition coefficient (Wildman–Crippen LogP) is 6.23. The number of carbonyl (C=O) groups excluding carboxylic acids is 2. The molecule has 0 unspecified atom stereocenters. The molecule has 1 fully saturated rings. The Morgan fingerprint density at radius 2 is 1.68 bits per heavy atom. The van der Waals surface area contributed by atoms with Gasteiger partial charge in [-0.05, 0) is 48.3 Å². The van der Waals surface area contributed by atoms with Gasteiger partial charge in [-0.2, -0.15) is 0 Å². The minimum absolute atomic E-state index is 0.0309. The van der Waals surface area contributed by atoms with Crippen molar-refractivity contribution in [2.75, 3.05) is 0 Å². The number of carbonyl (C=O) groups is 2. The molecule has 2 aliphatic rings. The van der Waals surface area contributed by atoms with Crippen LogP contribution in [0.25, 0.3) is 0 Å². The molecule has 34 heavy (non-hydrogen) atoms. The Bertz CT molecular complexity index is 1010. The molecule has 4 rings (SSSR count). The summed E-state index contributed by atoms with van der Waals surface area (Å²) in [5.41, 5.74) is 2.26. The van der Waals surface area contributed by atoms with Crippen molar-refractivity contribution >= 4 is 11.8 Å². The van der Waals surface area contributed by atoms with E-state index in [1.54, 1.807) is 12.3 Å². The fourth-order valence-corrected chi connectivity index (χ4v) is 5.74. The van der Waals surface area contributed by atoms with Gasteiger partial charge in [0.05, 0.1) is 6.04 Å². The number of hydrogen-bond acceptors (Lipinski definition) is 4. The maximum Gasteiger partial charge on any atom is 0.329 e. The Morgan fingerprint density at radius 3 is 2.35 bits per heavy atom. The Morgan fingerprint density at radius 1 is 1.03 bits per heavy atom. The summed E-state index contributed by atoms with van der Waals surface area (Å²) in [5.74, 6) is 0.419. The minimum Gasteiger partial charge on any atom is -0.460 e. The lowest BCUT2D eigenvalue weighted by atomic mass is 9.64. The molecular weight excluding hydrogens is 422 g/mol. The summed E-state index contributed by atoms with van der Waals surface area (Å²) in [4.78, 5) is 27.9. The molecule has 2 aromatic rings. The number of ether oxygens (including phenoxy) is 1. The van der Waals surface area contributed by atoms with Gasteiger partial charge in [-0.1, -0.05) is 87.9 Å². The summed E-state index contributed by atoms with van der Waals surface area (Å²) < 4.78 is 6.32. The van der Waals surface area contributed by atoms with Gasteiger partial charge in [0.15, 0.2) is 5.78 Å². The van der Waals surface area contributed by atoms with Crippen molar-refractivity contribution in [1.82, 2.24) is 4.90 Å². The fourth-order valence-electron chi connectivity index (χ4n) is 5.74. The number of rotatable bonds is 6. The normalized spacial score (nSPS) is 26.2. The lowest BCUT2D eigenvalue weighted by molar-refractivity contribution is -0.164. The van der Waals surface area contributed by atoms with E-state index in [4.69, 9.17) is 4.74 Å². The number of ketones is 1. The first-order valence-corrected chi connectivity index (χ1v) is 12.6. The van der Waals surface area contributed by atoms with Crippen molar-refractivity contribution in [2.24, 2.45) is 11.8 Å². The van der Waals surface area contributed by atoms with Crippen LogP contribution in [-0.2, 0) is 19.7 Å². The molecule has 0 aromatic heterocycles. The highest BCUT2D eigenvalue weighted by Crippen LogP contribution is 2.44. The second-order valence-corrected chi connectivity index (χ2v) is 10.6. The summed E-state index contributed by atoms with van der Waals surface area (Å²) in [6, 6.07) is 20.0. The SMILES string of the molecule is C[C@@H]1CC[C@@H](C(C)(C)c2ccccc2)[C@@H](OC(=O)[C@H]2CC(=O)C=CN2[C@H](C)c2ccccc2)C1. The molecule has 1 saturated carbocycles. The third-order valence-corrected chi connectivity index (χ3v) is 7.95. The highest BCUT2D eigenvalue weighted by Gasteiger charge is 2.43. The molecule has 0 saturated heterocycles. The van der Waals surface area contributed by atoms with E-state index in [2.05, 4.69) is 64.1 Å². The van der Waals surface area contributed by atoms with Crippen molar-refractivity contribution in [2.45, 2.75) is 77.0 Å². The second kappa shape index (κ2) is 10.2. The van der Waals surface area contributed by atoms with Crippen LogP contribution >= 0.6 is 0 Å². The van der Waals surface area contributed by atoms with Crippen molar-refractivity contribution < 1.29 is 14.3 Å². The van der Waals surface area contributed by atoms with Gasteiger partial charge in [-0.25, -0.2) is 4.79 Å². The lowest BCUT2D eigenvalue weighted by Crippen LogP contribution is -2.48. The third kappa shape index (κ3) is 5.11. The van der Waals surface area contributed by atoms with Crippen LogP contribution in [0.15, 0.2) is 72.9 Å². The molecule has 180 valence electrons. The van der Waals surface area contributed by atoms with Crippen LogP contribution < -0.4 is 0 Å². The van der Waals surface area contributed by atoms with Crippen LogP contribution in [0.3, 0.4) is 0 Å². The average molecular weight is 460 g/mol. The fraction of sp³-hybridized carbons (Fsp3) is 0.467. The topological polar surface area (TPSA) is 46.6 Å². The van der Waals surface area contributed by atoms with Crippen molar-refractivity contribution in [3.63, 3.8) is 0 Å². The summed E-state index contributed by atoms with van der Waals surface area (Å²) in [7, 11) is 0. The molecule has 1 aliphatic carbocycles. The van der Waals surface area contributed by atoms with Crippen molar-refractivity contribution in [3.05, 3.63) is 84.1 Å². The molecule has 1 heterocycles. The Labute approximate surface area is 204 Å². The van der Waals surface area contributed by atoms with Gasteiger partial charge in [0.25, 0.3) is 0 Å². The molecular formula is C30H37NO3. The Hall–Kier alpha value is -2.88. The van der Waals surface area contributed by atoms with Crippen LogP contribution in [0.1, 0.15) is 70.5 Å². The van der Waals surface area contributed by atoms with Gasteiger partial charge in [0.2, 0.25) is 0 Å². The molecule has 0 amide bonds. The first-order chi connectivity index (χ1) is 16.3. The van der Waals surface area contributed by atoms with Crippen LogP contribution in [0.5, 0.6) is 0 Å². The molecule has 1 aliphatic heterocycles. The molecule has 0 radical (unpaired) electrons. The summed E-state index contributed by atoms with van der Waals surface area (Å²) in [6.07, 6.45) is 6.35. The van der Waals surface area contributed by atoms with E-state index >= 15 is 0 Å². The van der Waals surface area contributed by atoms with E-state index in [-0.39, 0.29) is 41.7 Å². The van der Waals surface area contributed by atoms with Crippen LogP contribution in [0.2, 0.25) is 0 Å². The molecule has 0 spiro atoms. The van der Waals surface area contributed by atoms with Crippen molar-refractivity contribution in [3.8, 4) is 0 Å². The molecule has 0 N–H and O–H groups in total. The smallest absolute Gasteiger partial charge is 0.329 e. The Kier molecular flexibility index (Phi) is 7.25. The zero-order valence-corrected chi connectivity index (χ0v) is 20.8. The number of esters is 1. The molecule has 4 nitrogen and oxygen atoms in total. The zero-order valence-electron chi connectivity index (χ0n) is 20.8. The minimum atomic E-state index is -0.606. The first-order valence-electron chi connectivity index (χ1n) is 12.6. The average Bonchev–Trinajstić information content (AvgIpc) is 2.84. The number of hydrogen-bond donors (Lipinski definition) is 0. The summed E-state index contributed by atoms with van der Waals surface area (Å²) in [5, 5.41) is 0. The molecule has 0 bridgehead atoms. The number of nitrogens with zero attached hydrogens (tertiary/aromatic N) is 1. The van der Waals surface area contributed by atoms with Gasteiger partial charge in [-0.15, -0.1) is 0 Å². The van der Waals surface area contributed by atoms with Gasteiger partial charge in [-0.3, -0.25) is 4.79 Å². The molecule has 4 heteroatoms. The van der Waals surface area contributed by atoms with Gasteiger partial charge >= 0.3 is 5.97 Å². The van der Waals surface area contributed by atoms with Gasteiger partial charge in [0, 0.05) is 18.5 Å². The quantitative estimate of drug-likeness (QED) is 0.480. The summed E-state index contributed by atoms with van der Waals surface area (Å²) >= 11 is 0. The van der Waals surface area contributed by atoms with E-state index in [0.29, 0.717) is 5.92 Å². The maximum absolute atomic E-state index is 13.6.